The van der Waals surface area contributed by atoms with E-state index >= 15 is 0 Å². The summed E-state index contributed by atoms with van der Waals surface area (Å²) in [6, 6.07) is 9.98. The average Bonchev–Trinajstić information content (AvgIpc) is 3.08. The summed E-state index contributed by atoms with van der Waals surface area (Å²) in [7, 11) is 0. The molecule has 0 unspecified atom stereocenters. The highest BCUT2D eigenvalue weighted by molar-refractivity contribution is 7.97. The van der Waals surface area contributed by atoms with Crippen molar-refractivity contribution in [2.75, 3.05) is 13.1 Å². The fourth-order valence-corrected chi connectivity index (χ4v) is 4.55. The first kappa shape index (κ1) is 16.1. The molecule has 1 fully saturated rings. The Balaban J connectivity index is 1.34. The van der Waals surface area contributed by atoms with Crippen LogP contribution in [0.15, 0.2) is 46.9 Å². The molecule has 2 aromatic heterocycles. The molecule has 1 aromatic carbocycles. The van der Waals surface area contributed by atoms with Gasteiger partial charge in [0.05, 0.1) is 5.52 Å². The van der Waals surface area contributed by atoms with Crippen LogP contribution in [-0.2, 0) is 0 Å². The van der Waals surface area contributed by atoms with Crippen LogP contribution < -0.4 is 4.74 Å². The second kappa shape index (κ2) is 7.27. The molecular weight excluding hydrogens is 362 g/mol. The number of thiophene rings is 1. The first-order valence-electron chi connectivity index (χ1n) is 7.81. The van der Waals surface area contributed by atoms with E-state index in [-0.39, 0.29) is 6.10 Å². The first-order chi connectivity index (χ1) is 11.8. The van der Waals surface area contributed by atoms with Gasteiger partial charge >= 0.3 is 0 Å². The van der Waals surface area contributed by atoms with Crippen molar-refractivity contribution in [1.82, 2.24) is 14.3 Å². The van der Waals surface area contributed by atoms with Crippen molar-refractivity contribution in [3.05, 3.63) is 47.1 Å². The molecule has 7 heteroatoms. The van der Waals surface area contributed by atoms with Gasteiger partial charge in [-0.15, -0.1) is 11.3 Å². The Labute approximate surface area is 154 Å². The van der Waals surface area contributed by atoms with E-state index in [1.165, 1.54) is 4.90 Å². The van der Waals surface area contributed by atoms with E-state index in [9.17, 15) is 0 Å². The third kappa shape index (κ3) is 3.67. The number of piperidine rings is 1. The Morgan fingerprint density at radius 3 is 2.71 bits per heavy atom. The smallest absolute Gasteiger partial charge is 0.235 e. The summed E-state index contributed by atoms with van der Waals surface area (Å²) < 4.78 is 9.56. The van der Waals surface area contributed by atoms with Gasteiger partial charge in [0, 0.05) is 23.0 Å². The zero-order valence-electron chi connectivity index (χ0n) is 12.9. The van der Waals surface area contributed by atoms with Gasteiger partial charge in [-0.05, 0) is 60.5 Å². The second-order valence-electron chi connectivity index (χ2n) is 5.61. The maximum atomic E-state index is 6.15. The van der Waals surface area contributed by atoms with E-state index in [0.29, 0.717) is 0 Å². The highest BCUT2D eigenvalue weighted by Crippen LogP contribution is 2.31. The van der Waals surface area contributed by atoms with Gasteiger partial charge in [0.1, 0.15) is 17.1 Å². The molecule has 1 saturated heterocycles. The predicted molar refractivity (Wildman–Crippen MR) is 99.9 cm³/mol. The van der Waals surface area contributed by atoms with Crippen LogP contribution >= 0.6 is 34.9 Å². The fourth-order valence-electron chi connectivity index (χ4n) is 2.69. The van der Waals surface area contributed by atoms with Crippen molar-refractivity contribution in [3.63, 3.8) is 0 Å². The van der Waals surface area contributed by atoms with Gasteiger partial charge in [0.15, 0.2) is 0 Å². The lowest BCUT2D eigenvalue weighted by atomic mass is 10.1. The van der Waals surface area contributed by atoms with Crippen LogP contribution in [0, 0.1) is 0 Å². The molecule has 0 radical (unpaired) electrons. The van der Waals surface area contributed by atoms with Crippen molar-refractivity contribution >= 4 is 45.1 Å². The summed E-state index contributed by atoms with van der Waals surface area (Å²) in [6.07, 6.45) is 3.79. The van der Waals surface area contributed by atoms with Crippen LogP contribution in [0.1, 0.15) is 12.8 Å². The number of nitrogens with zero attached hydrogens (tertiary/aromatic N) is 3. The molecule has 124 valence electrons. The Morgan fingerprint density at radius 2 is 1.92 bits per heavy atom. The molecular formula is C17H16ClN3OS2. The summed E-state index contributed by atoms with van der Waals surface area (Å²) in [4.78, 5) is 9.79. The van der Waals surface area contributed by atoms with Gasteiger partial charge in [0.2, 0.25) is 5.88 Å². The van der Waals surface area contributed by atoms with Gasteiger partial charge in [-0.25, -0.2) is 14.3 Å². The van der Waals surface area contributed by atoms with E-state index in [0.717, 1.165) is 47.1 Å². The summed E-state index contributed by atoms with van der Waals surface area (Å²) in [6.45, 7) is 1.99. The molecule has 1 aliphatic rings. The summed E-state index contributed by atoms with van der Waals surface area (Å²) in [5, 5.41) is 2.80. The number of fused-ring (bicyclic) bond motifs is 1. The van der Waals surface area contributed by atoms with E-state index < -0.39 is 0 Å². The fraction of sp³-hybridized carbons (Fsp3) is 0.294. The third-order valence-electron chi connectivity index (χ3n) is 3.94. The molecule has 3 heterocycles. The molecule has 0 spiro atoms. The highest BCUT2D eigenvalue weighted by Gasteiger charge is 2.22. The van der Waals surface area contributed by atoms with Crippen LogP contribution in [0.25, 0.3) is 10.2 Å². The zero-order valence-corrected chi connectivity index (χ0v) is 15.3. The first-order valence-corrected chi connectivity index (χ1v) is 9.84. The molecule has 24 heavy (non-hydrogen) atoms. The molecule has 0 N–H and O–H groups in total. The normalized spacial score (nSPS) is 16.5. The van der Waals surface area contributed by atoms with Crippen LogP contribution in [0.2, 0.25) is 5.02 Å². The second-order valence-corrected chi connectivity index (χ2v) is 8.13. The molecule has 0 saturated carbocycles. The summed E-state index contributed by atoms with van der Waals surface area (Å²) in [5.41, 5.74) is 0.959. The van der Waals surface area contributed by atoms with E-state index in [1.54, 1.807) is 29.6 Å². The molecule has 0 atom stereocenters. The van der Waals surface area contributed by atoms with Crippen molar-refractivity contribution in [1.29, 1.82) is 0 Å². The lowest BCUT2D eigenvalue weighted by Crippen LogP contribution is -2.34. The number of rotatable bonds is 4. The highest BCUT2D eigenvalue weighted by atomic mass is 35.5. The maximum absolute atomic E-state index is 6.15. The van der Waals surface area contributed by atoms with Gasteiger partial charge in [-0.2, -0.15) is 0 Å². The Hall–Kier alpha value is -1.34. The number of hydrogen-bond acceptors (Lipinski definition) is 6. The standard InChI is InChI=1S/C17H16ClN3OS2/c18-12-1-3-14(4-2-12)24-21-8-5-13(6-9-21)22-17-16-15(7-10-23-16)19-11-20-17/h1-4,7,10-11,13H,5-6,8-9H2. The number of halogens is 1. The van der Waals surface area contributed by atoms with Crippen LogP contribution in [0.3, 0.4) is 0 Å². The maximum Gasteiger partial charge on any atom is 0.235 e. The minimum Gasteiger partial charge on any atom is -0.473 e. The lowest BCUT2D eigenvalue weighted by molar-refractivity contribution is 0.135. The van der Waals surface area contributed by atoms with Crippen LogP contribution in [0.4, 0.5) is 0 Å². The molecule has 0 aliphatic carbocycles. The van der Waals surface area contributed by atoms with Gasteiger partial charge in [-0.1, -0.05) is 11.6 Å². The van der Waals surface area contributed by atoms with Gasteiger partial charge in [-0.3, -0.25) is 0 Å². The number of hydrogen-bond donors (Lipinski definition) is 0. The summed E-state index contributed by atoms with van der Waals surface area (Å²) >= 11 is 9.35. The topological polar surface area (TPSA) is 38.2 Å². The quantitative estimate of drug-likeness (QED) is 0.605. The SMILES string of the molecule is Clc1ccc(SN2CCC(Oc3ncnc4ccsc34)CC2)cc1. The lowest BCUT2D eigenvalue weighted by Gasteiger charge is -2.30. The number of aromatic nitrogens is 2. The minimum absolute atomic E-state index is 0.215. The summed E-state index contributed by atoms with van der Waals surface area (Å²) in [5.74, 6) is 0.721. The van der Waals surface area contributed by atoms with Gasteiger partial charge < -0.3 is 4.74 Å². The zero-order chi connectivity index (χ0) is 16.4. The number of ether oxygens (including phenoxy) is 1. The molecule has 4 rings (SSSR count). The van der Waals surface area contributed by atoms with E-state index in [1.807, 2.05) is 23.6 Å². The molecule has 0 amide bonds. The molecule has 0 bridgehead atoms. The van der Waals surface area contributed by atoms with Crippen molar-refractivity contribution in [2.24, 2.45) is 0 Å². The average molecular weight is 378 g/mol. The van der Waals surface area contributed by atoms with Crippen LogP contribution in [0.5, 0.6) is 5.88 Å². The predicted octanol–water partition coefficient (Wildman–Crippen LogP) is 4.90. The molecule has 4 nitrogen and oxygen atoms in total. The van der Waals surface area contributed by atoms with Crippen LogP contribution in [-0.4, -0.2) is 33.5 Å². The monoisotopic (exact) mass is 377 g/mol. The van der Waals surface area contributed by atoms with Gasteiger partial charge in [0.25, 0.3) is 0 Å². The van der Waals surface area contributed by atoms with E-state index in [4.69, 9.17) is 16.3 Å². The Bertz CT molecular complexity index is 816. The van der Waals surface area contributed by atoms with Crippen molar-refractivity contribution in [3.8, 4) is 5.88 Å². The van der Waals surface area contributed by atoms with Crippen molar-refractivity contribution in [2.45, 2.75) is 23.8 Å². The molecule has 3 aromatic rings. The van der Waals surface area contributed by atoms with Crippen molar-refractivity contribution < 1.29 is 4.74 Å². The number of benzene rings is 1. The minimum atomic E-state index is 0.215. The third-order valence-corrected chi connectivity index (χ3v) is 6.19. The Morgan fingerprint density at radius 1 is 1.12 bits per heavy atom. The Kier molecular flexibility index (Phi) is 4.89. The largest absolute Gasteiger partial charge is 0.473 e. The molecule has 1 aliphatic heterocycles. The van der Waals surface area contributed by atoms with E-state index in [2.05, 4.69) is 26.4 Å².